The maximum absolute atomic E-state index is 11.0. The fourth-order valence-electron chi connectivity index (χ4n) is 3.43. The van der Waals surface area contributed by atoms with Crippen molar-refractivity contribution in [3.05, 3.63) is 42.0 Å². The van der Waals surface area contributed by atoms with Crippen molar-refractivity contribution >= 4 is 21.8 Å². The number of aryl methyl sites for hydroxylation is 1. The van der Waals surface area contributed by atoms with Gasteiger partial charge in [-0.1, -0.05) is 89.0 Å². The molecule has 2 aromatic rings. The van der Waals surface area contributed by atoms with Gasteiger partial charge in [0, 0.05) is 0 Å². The normalized spacial score (nSPS) is 11.3. The summed E-state index contributed by atoms with van der Waals surface area (Å²) >= 11 is 0. The Morgan fingerprint density at radius 1 is 0.769 bits per heavy atom. The molecule has 0 aromatic heterocycles. The standard InChI is InChI=1S/C22H32O3S/c1-2-3-4-5-6-7-8-9-10-11-16-21-17-19-14-12-13-15-20(19)18-22(21)25-26(23)24/h12-15,17-18,26H,2-11,16H2,1H3. The first-order valence-corrected chi connectivity index (χ1v) is 11.1. The van der Waals surface area contributed by atoms with E-state index in [2.05, 4.69) is 19.1 Å². The van der Waals surface area contributed by atoms with Crippen molar-refractivity contribution in [3.8, 4) is 5.75 Å². The number of fused-ring (bicyclic) bond motifs is 1. The molecule has 4 heteroatoms. The van der Waals surface area contributed by atoms with Gasteiger partial charge in [-0.3, -0.25) is 0 Å². The van der Waals surface area contributed by atoms with E-state index in [1.807, 2.05) is 24.3 Å². The van der Waals surface area contributed by atoms with Crippen molar-refractivity contribution in [1.82, 2.24) is 0 Å². The molecule has 0 N–H and O–H groups in total. The van der Waals surface area contributed by atoms with Gasteiger partial charge in [0.15, 0.2) is 0 Å². The third-order valence-corrected chi connectivity index (χ3v) is 5.25. The molecule has 0 amide bonds. The van der Waals surface area contributed by atoms with Gasteiger partial charge in [-0.05, 0) is 41.3 Å². The van der Waals surface area contributed by atoms with E-state index in [1.54, 1.807) is 0 Å². The second kappa shape index (κ2) is 11.9. The van der Waals surface area contributed by atoms with E-state index in [0.29, 0.717) is 5.75 Å². The molecule has 0 radical (unpaired) electrons. The van der Waals surface area contributed by atoms with Crippen LogP contribution >= 0.6 is 0 Å². The number of rotatable bonds is 13. The van der Waals surface area contributed by atoms with Gasteiger partial charge in [-0.2, -0.15) is 8.42 Å². The van der Waals surface area contributed by atoms with Gasteiger partial charge in [-0.25, -0.2) is 0 Å². The van der Waals surface area contributed by atoms with Crippen molar-refractivity contribution in [2.75, 3.05) is 0 Å². The molecule has 0 fully saturated rings. The Bertz CT molecular complexity index is 729. The summed E-state index contributed by atoms with van der Waals surface area (Å²) in [5, 5.41) is 2.13. The largest absolute Gasteiger partial charge is 0.384 e. The summed E-state index contributed by atoms with van der Waals surface area (Å²) in [6.45, 7) is 2.25. The Hall–Kier alpha value is -1.55. The Balaban J connectivity index is 1.78. The average Bonchev–Trinajstić information content (AvgIpc) is 2.63. The van der Waals surface area contributed by atoms with E-state index in [9.17, 15) is 8.42 Å². The lowest BCUT2D eigenvalue weighted by atomic mass is 10.0. The van der Waals surface area contributed by atoms with Crippen molar-refractivity contribution in [3.63, 3.8) is 0 Å². The Kier molecular flexibility index (Phi) is 9.54. The van der Waals surface area contributed by atoms with Crippen LogP contribution in [0.1, 0.15) is 76.7 Å². The molecule has 0 unspecified atom stereocenters. The SMILES string of the molecule is CCCCCCCCCCCCc1cc2ccccc2cc1O[SH](=O)=O. The molecular weight excluding hydrogens is 344 g/mol. The van der Waals surface area contributed by atoms with Gasteiger partial charge in [0.05, 0.1) is 0 Å². The van der Waals surface area contributed by atoms with Crippen LogP contribution < -0.4 is 4.18 Å². The number of benzene rings is 2. The molecule has 0 aliphatic heterocycles. The smallest absolute Gasteiger partial charge is 0.299 e. The summed E-state index contributed by atoms with van der Waals surface area (Å²) in [6.07, 6.45) is 13.8. The van der Waals surface area contributed by atoms with E-state index in [-0.39, 0.29) is 0 Å². The molecule has 2 rings (SSSR count). The Morgan fingerprint density at radius 2 is 1.31 bits per heavy atom. The van der Waals surface area contributed by atoms with Crippen LogP contribution in [0.4, 0.5) is 0 Å². The van der Waals surface area contributed by atoms with Crippen molar-refractivity contribution < 1.29 is 12.6 Å². The highest BCUT2D eigenvalue weighted by Crippen LogP contribution is 2.28. The summed E-state index contributed by atoms with van der Waals surface area (Å²) in [4.78, 5) is 0. The van der Waals surface area contributed by atoms with Crippen LogP contribution in [0.25, 0.3) is 10.8 Å². The summed E-state index contributed by atoms with van der Waals surface area (Å²) in [5.74, 6) is 0.482. The third kappa shape index (κ3) is 7.36. The highest BCUT2D eigenvalue weighted by molar-refractivity contribution is 7.67. The number of hydrogen-bond donors (Lipinski definition) is 1. The highest BCUT2D eigenvalue weighted by atomic mass is 32.2. The molecule has 0 saturated heterocycles. The molecule has 0 heterocycles. The van der Waals surface area contributed by atoms with Gasteiger partial charge >= 0.3 is 0 Å². The van der Waals surface area contributed by atoms with E-state index in [1.165, 1.54) is 57.8 Å². The van der Waals surface area contributed by atoms with Crippen LogP contribution in [0.2, 0.25) is 0 Å². The topological polar surface area (TPSA) is 43.4 Å². The van der Waals surface area contributed by atoms with Crippen LogP contribution in [0.15, 0.2) is 36.4 Å². The van der Waals surface area contributed by atoms with Crippen LogP contribution in [0.3, 0.4) is 0 Å². The zero-order chi connectivity index (χ0) is 18.6. The molecule has 0 bridgehead atoms. The number of unbranched alkanes of at least 4 members (excludes halogenated alkanes) is 9. The molecule has 26 heavy (non-hydrogen) atoms. The average molecular weight is 377 g/mol. The molecule has 0 aliphatic carbocycles. The lowest BCUT2D eigenvalue weighted by molar-refractivity contribution is 0.505. The van der Waals surface area contributed by atoms with Gasteiger partial charge in [0.1, 0.15) is 5.75 Å². The second-order valence-electron chi connectivity index (χ2n) is 7.05. The maximum atomic E-state index is 11.0. The predicted octanol–water partition coefficient (Wildman–Crippen LogP) is 6.21. The molecule has 144 valence electrons. The predicted molar refractivity (Wildman–Crippen MR) is 110 cm³/mol. The molecule has 0 saturated carbocycles. The van der Waals surface area contributed by atoms with Gasteiger partial charge in [-0.15, -0.1) is 0 Å². The van der Waals surface area contributed by atoms with Crippen LogP contribution in [-0.2, 0) is 17.4 Å². The minimum Gasteiger partial charge on any atom is -0.384 e. The summed E-state index contributed by atoms with van der Waals surface area (Å²) in [5.41, 5.74) is 0.988. The molecule has 3 nitrogen and oxygen atoms in total. The minimum atomic E-state index is -2.88. The van der Waals surface area contributed by atoms with E-state index in [4.69, 9.17) is 4.18 Å². The van der Waals surface area contributed by atoms with E-state index >= 15 is 0 Å². The lowest BCUT2D eigenvalue weighted by Gasteiger charge is -2.10. The molecular formula is C22H32O3S. The Morgan fingerprint density at radius 3 is 1.88 bits per heavy atom. The number of hydrogen-bond acceptors (Lipinski definition) is 3. The highest BCUT2D eigenvalue weighted by Gasteiger charge is 2.07. The van der Waals surface area contributed by atoms with Crippen molar-refractivity contribution in [2.45, 2.75) is 77.6 Å². The zero-order valence-electron chi connectivity index (χ0n) is 15.9. The van der Waals surface area contributed by atoms with Gasteiger partial charge in [0.2, 0.25) is 0 Å². The number of thiol groups is 1. The van der Waals surface area contributed by atoms with E-state index in [0.717, 1.165) is 29.2 Å². The summed E-state index contributed by atoms with van der Waals surface area (Å²) in [7, 11) is -2.88. The fraction of sp³-hybridized carbons (Fsp3) is 0.545. The third-order valence-electron chi connectivity index (χ3n) is 4.90. The monoisotopic (exact) mass is 376 g/mol. The first kappa shape index (κ1) is 20.8. The van der Waals surface area contributed by atoms with E-state index < -0.39 is 11.0 Å². The molecule has 0 atom stereocenters. The zero-order valence-corrected chi connectivity index (χ0v) is 16.8. The van der Waals surface area contributed by atoms with Crippen LogP contribution in [-0.4, -0.2) is 8.42 Å². The summed E-state index contributed by atoms with van der Waals surface area (Å²) in [6, 6.07) is 11.9. The minimum absolute atomic E-state index is 0.482. The van der Waals surface area contributed by atoms with Crippen LogP contribution in [0.5, 0.6) is 5.75 Å². The van der Waals surface area contributed by atoms with Crippen molar-refractivity contribution in [2.24, 2.45) is 0 Å². The van der Waals surface area contributed by atoms with Crippen molar-refractivity contribution in [1.29, 1.82) is 0 Å². The quantitative estimate of drug-likeness (QED) is 0.334. The summed E-state index contributed by atoms with van der Waals surface area (Å²) < 4.78 is 27.1. The second-order valence-corrected chi connectivity index (χ2v) is 7.68. The van der Waals surface area contributed by atoms with Gasteiger partial charge < -0.3 is 4.18 Å². The lowest BCUT2D eigenvalue weighted by Crippen LogP contribution is -1.96. The van der Waals surface area contributed by atoms with Crippen LogP contribution in [0, 0.1) is 0 Å². The van der Waals surface area contributed by atoms with Gasteiger partial charge in [0.25, 0.3) is 11.0 Å². The maximum Gasteiger partial charge on any atom is 0.299 e. The molecule has 0 aliphatic rings. The first-order chi connectivity index (χ1) is 12.7. The fourth-order valence-corrected chi connectivity index (χ4v) is 3.76. The molecule has 0 spiro atoms. The first-order valence-electron chi connectivity index (χ1n) is 10.0. The molecule has 2 aromatic carbocycles. The Labute approximate surface area is 159 Å².